The molecule has 0 N–H and O–H groups in total. The Morgan fingerprint density at radius 1 is 0.875 bits per heavy atom. The maximum absolute atomic E-state index is 4.18. The molecular formula is C5H10BrMgN. The fraction of sp³-hybridized carbons (Fsp3) is 1.00. The Kier molecular flexibility index (Phi) is 12.2. The zero-order chi connectivity index (χ0) is 4.24. The summed E-state index contributed by atoms with van der Waals surface area (Å²) in [6, 6.07) is 0. The van der Waals surface area contributed by atoms with Crippen molar-refractivity contribution >= 4 is 23.1 Å². The Balaban J connectivity index is 0. The molecule has 1 rings (SSSR count). The van der Waals surface area contributed by atoms with Gasteiger partial charge in [0.1, 0.15) is 0 Å². The molecule has 0 saturated carbocycles. The summed E-state index contributed by atoms with van der Waals surface area (Å²) in [5.74, 6) is 0. The molecule has 0 aromatic rings. The van der Waals surface area contributed by atoms with Gasteiger partial charge in [-0.05, 0) is 0 Å². The van der Waals surface area contributed by atoms with E-state index in [2.05, 4.69) is 5.32 Å². The van der Waals surface area contributed by atoms with Crippen molar-refractivity contribution in [1.29, 1.82) is 0 Å². The molecule has 0 bridgehead atoms. The standard InChI is InChI=1S/C5H10N.BrH.Mg/c1-2-4-6-5-3-1;;/h1-5H2;1H;/q-1;;+2/p-1. The van der Waals surface area contributed by atoms with Crippen LogP contribution >= 0.6 is 0 Å². The Hall–Kier alpha value is 1.21. The minimum atomic E-state index is 0. The third kappa shape index (κ3) is 5.35. The number of halogens is 1. The van der Waals surface area contributed by atoms with E-state index in [9.17, 15) is 0 Å². The number of piperidine rings is 1. The topological polar surface area (TPSA) is 14.1 Å². The fourth-order valence-corrected chi connectivity index (χ4v) is 0.736. The molecule has 8 heavy (non-hydrogen) atoms. The summed E-state index contributed by atoms with van der Waals surface area (Å²) in [6.07, 6.45) is 4.07. The fourth-order valence-electron chi connectivity index (χ4n) is 0.736. The van der Waals surface area contributed by atoms with Crippen LogP contribution in [0.4, 0.5) is 0 Å². The molecule has 1 nitrogen and oxygen atoms in total. The van der Waals surface area contributed by atoms with Crippen LogP contribution in [-0.2, 0) is 0 Å². The summed E-state index contributed by atoms with van der Waals surface area (Å²) in [6.45, 7) is 2.25. The minimum Gasteiger partial charge on any atom is -1.00 e. The van der Waals surface area contributed by atoms with E-state index in [1.165, 1.54) is 19.3 Å². The molecule has 0 radical (unpaired) electrons. The normalized spacial score (nSPS) is 18.0. The van der Waals surface area contributed by atoms with Gasteiger partial charge in [-0.25, -0.2) is 0 Å². The molecule has 1 aliphatic heterocycles. The van der Waals surface area contributed by atoms with Crippen LogP contribution in [0.1, 0.15) is 19.3 Å². The molecule has 3 heteroatoms. The molecule has 1 saturated heterocycles. The Morgan fingerprint density at radius 2 is 1.38 bits per heavy atom. The molecule has 0 aromatic heterocycles. The average molecular weight is 188 g/mol. The molecule has 0 aliphatic carbocycles. The first-order valence-corrected chi connectivity index (χ1v) is 2.63. The minimum absolute atomic E-state index is 0. The largest absolute Gasteiger partial charge is 2.00 e. The SMILES string of the molecule is C1CC[N-]CC1.[Br-].[Mg+2]. The number of hydrogen-bond acceptors (Lipinski definition) is 0. The predicted octanol–water partition coefficient (Wildman–Crippen LogP) is -1.83. The summed E-state index contributed by atoms with van der Waals surface area (Å²) in [5.41, 5.74) is 0. The van der Waals surface area contributed by atoms with Crippen LogP contribution < -0.4 is 17.0 Å². The molecule has 0 unspecified atom stereocenters. The molecule has 0 atom stereocenters. The first kappa shape index (κ1) is 11.9. The first-order chi connectivity index (χ1) is 3.00. The zero-order valence-corrected chi connectivity index (χ0v) is 8.07. The van der Waals surface area contributed by atoms with E-state index in [1.54, 1.807) is 0 Å². The Morgan fingerprint density at radius 3 is 1.50 bits per heavy atom. The Labute approximate surface area is 77.5 Å². The van der Waals surface area contributed by atoms with Crippen LogP contribution in [0, 0.1) is 0 Å². The number of nitrogens with zero attached hydrogens (tertiary/aromatic N) is 1. The number of hydrogen-bond donors (Lipinski definition) is 0. The monoisotopic (exact) mass is 187 g/mol. The molecule has 0 aromatic carbocycles. The van der Waals surface area contributed by atoms with Gasteiger partial charge in [0.2, 0.25) is 0 Å². The zero-order valence-electron chi connectivity index (χ0n) is 5.07. The van der Waals surface area contributed by atoms with Gasteiger partial charge in [-0.15, -0.1) is 13.1 Å². The van der Waals surface area contributed by atoms with Crippen molar-refractivity contribution in [3.05, 3.63) is 5.32 Å². The van der Waals surface area contributed by atoms with E-state index in [0.29, 0.717) is 0 Å². The third-order valence-electron chi connectivity index (χ3n) is 1.13. The van der Waals surface area contributed by atoms with Crippen molar-refractivity contribution in [2.24, 2.45) is 0 Å². The second-order valence-electron chi connectivity index (χ2n) is 1.73. The maximum atomic E-state index is 4.18. The molecule has 1 heterocycles. The van der Waals surface area contributed by atoms with E-state index in [1.807, 2.05) is 0 Å². The molecule has 0 amide bonds. The van der Waals surface area contributed by atoms with Crippen LogP contribution in [0.5, 0.6) is 0 Å². The van der Waals surface area contributed by atoms with Gasteiger partial charge in [-0.3, -0.25) is 0 Å². The van der Waals surface area contributed by atoms with E-state index in [4.69, 9.17) is 0 Å². The van der Waals surface area contributed by atoms with E-state index in [0.717, 1.165) is 13.1 Å². The van der Waals surface area contributed by atoms with Crippen LogP contribution in [0.2, 0.25) is 0 Å². The summed E-state index contributed by atoms with van der Waals surface area (Å²) in [7, 11) is 0. The quantitative estimate of drug-likeness (QED) is 0.397. The van der Waals surface area contributed by atoms with Crippen molar-refractivity contribution in [3.8, 4) is 0 Å². The van der Waals surface area contributed by atoms with Gasteiger partial charge in [-0.1, -0.05) is 19.3 Å². The van der Waals surface area contributed by atoms with Gasteiger partial charge < -0.3 is 22.3 Å². The van der Waals surface area contributed by atoms with Gasteiger partial charge in [0.15, 0.2) is 0 Å². The average Bonchev–Trinajstić information content (AvgIpc) is 1.72. The first-order valence-electron chi connectivity index (χ1n) is 2.63. The van der Waals surface area contributed by atoms with Crippen LogP contribution in [0.3, 0.4) is 0 Å². The molecule has 1 aliphatic rings. The molecular weight excluding hydrogens is 178 g/mol. The van der Waals surface area contributed by atoms with E-state index in [-0.39, 0.29) is 40.0 Å². The predicted molar refractivity (Wildman–Crippen MR) is 32.7 cm³/mol. The van der Waals surface area contributed by atoms with Crippen molar-refractivity contribution in [2.75, 3.05) is 13.1 Å². The summed E-state index contributed by atoms with van der Waals surface area (Å²) < 4.78 is 0. The van der Waals surface area contributed by atoms with Crippen LogP contribution in [0.15, 0.2) is 0 Å². The van der Waals surface area contributed by atoms with Gasteiger partial charge in [0.25, 0.3) is 0 Å². The summed E-state index contributed by atoms with van der Waals surface area (Å²) in [4.78, 5) is 0. The van der Waals surface area contributed by atoms with E-state index >= 15 is 0 Å². The second-order valence-corrected chi connectivity index (χ2v) is 1.73. The smallest absolute Gasteiger partial charge is 1.00 e. The van der Waals surface area contributed by atoms with Gasteiger partial charge in [0.05, 0.1) is 0 Å². The summed E-state index contributed by atoms with van der Waals surface area (Å²) in [5, 5.41) is 4.18. The van der Waals surface area contributed by atoms with Crippen LogP contribution in [0.25, 0.3) is 5.32 Å². The van der Waals surface area contributed by atoms with Crippen molar-refractivity contribution < 1.29 is 17.0 Å². The van der Waals surface area contributed by atoms with Crippen molar-refractivity contribution in [2.45, 2.75) is 19.3 Å². The van der Waals surface area contributed by atoms with E-state index < -0.39 is 0 Å². The number of rotatable bonds is 0. The second kappa shape index (κ2) is 8.21. The molecule has 1 fully saturated rings. The Bertz CT molecular complexity index is 27.9. The van der Waals surface area contributed by atoms with Gasteiger partial charge >= 0.3 is 23.1 Å². The van der Waals surface area contributed by atoms with Crippen molar-refractivity contribution in [3.63, 3.8) is 0 Å². The summed E-state index contributed by atoms with van der Waals surface area (Å²) >= 11 is 0. The third-order valence-corrected chi connectivity index (χ3v) is 1.13. The molecule has 0 spiro atoms. The van der Waals surface area contributed by atoms with Gasteiger partial charge in [-0.2, -0.15) is 0 Å². The maximum Gasteiger partial charge on any atom is 2.00 e. The van der Waals surface area contributed by atoms with Crippen molar-refractivity contribution in [1.82, 2.24) is 0 Å². The molecule has 44 valence electrons. The van der Waals surface area contributed by atoms with Gasteiger partial charge in [0, 0.05) is 0 Å². The van der Waals surface area contributed by atoms with Crippen LogP contribution in [-0.4, -0.2) is 36.1 Å².